The lowest BCUT2D eigenvalue weighted by Crippen LogP contribution is -2.27. The van der Waals surface area contributed by atoms with Gasteiger partial charge in [0.2, 0.25) is 0 Å². The molecule has 1 fully saturated rings. The summed E-state index contributed by atoms with van der Waals surface area (Å²) in [5.74, 6) is 0. The lowest BCUT2D eigenvalue weighted by molar-refractivity contribution is 0.386. The van der Waals surface area contributed by atoms with Crippen molar-refractivity contribution in [3.63, 3.8) is 0 Å². The minimum atomic E-state index is 0.652. The third kappa shape index (κ3) is 2.82. The van der Waals surface area contributed by atoms with Crippen molar-refractivity contribution < 1.29 is 0 Å². The molecule has 1 aliphatic rings. The van der Waals surface area contributed by atoms with Crippen LogP contribution in [0.5, 0.6) is 0 Å². The van der Waals surface area contributed by atoms with Crippen molar-refractivity contribution in [1.29, 1.82) is 0 Å². The van der Waals surface area contributed by atoms with Gasteiger partial charge in [-0.2, -0.15) is 0 Å². The Morgan fingerprint density at radius 3 is 2.33 bits per heavy atom. The normalized spacial score (nSPS) is 20.9. The van der Waals surface area contributed by atoms with Gasteiger partial charge in [0, 0.05) is 0 Å². The maximum absolute atomic E-state index is 2.38. The lowest BCUT2D eigenvalue weighted by atomic mass is 9.86. The number of hydrogen-bond acceptors (Lipinski definition) is 0. The summed E-state index contributed by atoms with van der Waals surface area (Å²) in [4.78, 5) is 0. The molecule has 1 heteroatoms. The molecular weight excluding hydrogens is 199 g/mol. The van der Waals surface area contributed by atoms with E-state index >= 15 is 0 Å². The Morgan fingerprint density at radius 2 is 1.73 bits per heavy atom. The van der Waals surface area contributed by atoms with Crippen molar-refractivity contribution in [2.75, 3.05) is 0 Å². The molecule has 0 N–H and O–H groups in total. The summed E-state index contributed by atoms with van der Waals surface area (Å²) < 4.78 is 0. The van der Waals surface area contributed by atoms with Crippen LogP contribution in [0.1, 0.15) is 45.4 Å². The fourth-order valence-corrected chi connectivity index (χ4v) is 4.37. The molecule has 1 atom stereocenters. The van der Waals surface area contributed by atoms with Crippen LogP contribution in [0.4, 0.5) is 0 Å². The predicted molar refractivity (Wildman–Crippen MR) is 70.5 cm³/mol. The van der Waals surface area contributed by atoms with E-state index in [4.69, 9.17) is 0 Å². The highest BCUT2D eigenvalue weighted by molar-refractivity contribution is 7.49. The van der Waals surface area contributed by atoms with Gasteiger partial charge in [0.15, 0.2) is 0 Å². The largest absolute Gasteiger partial charge is 0.0840 e. The molecule has 1 unspecified atom stereocenters. The zero-order valence-corrected chi connectivity index (χ0v) is 10.6. The molecule has 0 bridgehead atoms. The van der Waals surface area contributed by atoms with Crippen molar-refractivity contribution in [1.82, 2.24) is 0 Å². The van der Waals surface area contributed by atoms with Crippen LogP contribution in [0.25, 0.3) is 0 Å². The summed E-state index contributed by atoms with van der Waals surface area (Å²) in [6.07, 6.45) is 8.64. The molecule has 1 saturated carbocycles. The van der Waals surface area contributed by atoms with E-state index in [9.17, 15) is 0 Å². The second kappa shape index (κ2) is 5.12. The Morgan fingerprint density at radius 1 is 1.07 bits per heavy atom. The molecular formula is C14H21P. The summed E-state index contributed by atoms with van der Waals surface area (Å²) >= 11 is 0. The number of hydrogen-bond donors (Lipinski definition) is 0. The molecule has 15 heavy (non-hydrogen) atoms. The van der Waals surface area contributed by atoms with Gasteiger partial charge in [-0.15, -0.1) is 0 Å². The first kappa shape index (κ1) is 11.1. The second-order valence-electron chi connectivity index (χ2n) is 4.69. The molecule has 0 aromatic heterocycles. The maximum Gasteiger partial charge on any atom is -0.00842 e. The predicted octanol–water partition coefficient (Wildman–Crippen LogP) is 4.10. The van der Waals surface area contributed by atoms with Crippen molar-refractivity contribution in [3.8, 4) is 0 Å². The number of rotatable bonds is 3. The SMILES string of the molecule is CCC1(Pc2ccccc2)CCCCC1. The van der Waals surface area contributed by atoms with E-state index in [-0.39, 0.29) is 0 Å². The summed E-state index contributed by atoms with van der Waals surface area (Å²) in [5, 5.41) is 2.21. The molecule has 0 radical (unpaired) electrons. The average molecular weight is 220 g/mol. The second-order valence-corrected chi connectivity index (χ2v) is 6.57. The van der Waals surface area contributed by atoms with E-state index in [2.05, 4.69) is 37.3 Å². The highest BCUT2D eigenvalue weighted by Crippen LogP contribution is 2.45. The minimum Gasteiger partial charge on any atom is -0.0840 e. The molecule has 82 valence electrons. The van der Waals surface area contributed by atoms with E-state index in [1.807, 2.05) is 0 Å². The Balaban J connectivity index is 2.07. The van der Waals surface area contributed by atoms with Crippen LogP contribution in [-0.2, 0) is 0 Å². The molecule has 1 aromatic rings. The van der Waals surface area contributed by atoms with Gasteiger partial charge in [-0.05, 0) is 29.7 Å². The van der Waals surface area contributed by atoms with Gasteiger partial charge >= 0.3 is 0 Å². The smallest absolute Gasteiger partial charge is 0.00842 e. The van der Waals surface area contributed by atoms with Crippen molar-refractivity contribution in [2.45, 2.75) is 50.6 Å². The highest BCUT2D eigenvalue weighted by atomic mass is 31.1. The molecule has 0 nitrogen and oxygen atoms in total. The standard InChI is InChI=1S/C14H21P/c1-2-14(11-7-4-8-12-14)15-13-9-5-3-6-10-13/h3,5-6,9-10,15H,2,4,7-8,11-12H2,1H3. The average Bonchev–Trinajstić information content (AvgIpc) is 2.32. The third-order valence-corrected chi connectivity index (χ3v) is 5.68. The van der Waals surface area contributed by atoms with Crippen LogP contribution in [0, 0.1) is 0 Å². The fourth-order valence-electron chi connectivity index (χ4n) is 2.62. The van der Waals surface area contributed by atoms with Crippen LogP contribution in [0.15, 0.2) is 30.3 Å². The van der Waals surface area contributed by atoms with E-state index in [0.29, 0.717) is 5.16 Å². The molecule has 1 aromatic carbocycles. The fraction of sp³-hybridized carbons (Fsp3) is 0.571. The molecule has 0 heterocycles. The molecule has 0 spiro atoms. The first-order valence-electron chi connectivity index (χ1n) is 6.18. The van der Waals surface area contributed by atoms with Crippen LogP contribution < -0.4 is 5.30 Å². The highest BCUT2D eigenvalue weighted by Gasteiger charge is 2.30. The van der Waals surface area contributed by atoms with Gasteiger partial charge in [-0.1, -0.05) is 65.1 Å². The van der Waals surface area contributed by atoms with Gasteiger partial charge in [0.25, 0.3) is 0 Å². The summed E-state index contributed by atoms with van der Waals surface area (Å²) in [6, 6.07) is 11.1. The van der Waals surface area contributed by atoms with Gasteiger partial charge in [-0.3, -0.25) is 0 Å². The van der Waals surface area contributed by atoms with Crippen molar-refractivity contribution in [3.05, 3.63) is 30.3 Å². The quantitative estimate of drug-likeness (QED) is 0.673. The van der Waals surface area contributed by atoms with Crippen molar-refractivity contribution >= 4 is 13.9 Å². The van der Waals surface area contributed by atoms with E-state index in [1.54, 1.807) is 5.30 Å². The van der Waals surface area contributed by atoms with Crippen LogP contribution in [0.3, 0.4) is 0 Å². The first-order valence-corrected chi connectivity index (χ1v) is 7.18. The van der Waals surface area contributed by atoms with Gasteiger partial charge in [0.05, 0.1) is 0 Å². The zero-order chi connectivity index (χ0) is 10.6. The van der Waals surface area contributed by atoms with Gasteiger partial charge in [-0.25, -0.2) is 0 Å². The zero-order valence-electron chi connectivity index (χ0n) is 9.63. The van der Waals surface area contributed by atoms with E-state index in [1.165, 1.54) is 38.5 Å². The van der Waals surface area contributed by atoms with Crippen LogP contribution in [0.2, 0.25) is 0 Å². The molecule has 1 aliphatic carbocycles. The topological polar surface area (TPSA) is 0 Å². The molecule has 0 saturated heterocycles. The van der Waals surface area contributed by atoms with Crippen LogP contribution >= 0.6 is 8.58 Å². The Hall–Kier alpha value is -0.350. The third-order valence-electron chi connectivity index (χ3n) is 3.67. The summed E-state index contributed by atoms with van der Waals surface area (Å²) in [7, 11) is 1.02. The minimum absolute atomic E-state index is 0.652. The Kier molecular flexibility index (Phi) is 3.81. The van der Waals surface area contributed by atoms with Gasteiger partial charge in [0.1, 0.15) is 0 Å². The van der Waals surface area contributed by atoms with Crippen LogP contribution in [-0.4, -0.2) is 5.16 Å². The summed E-state index contributed by atoms with van der Waals surface area (Å²) in [5.41, 5.74) is 0. The monoisotopic (exact) mass is 220 g/mol. The van der Waals surface area contributed by atoms with Crippen molar-refractivity contribution in [2.24, 2.45) is 0 Å². The number of benzene rings is 1. The Bertz CT molecular complexity index is 285. The van der Waals surface area contributed by atoms with Gasteiger partial charge < -0.3 is 0 Å². The van der Waals surface area contributed by atoms with E-state index in [0.717, 1.165) is 8.58 Å². The molecule has 0 amide bonds. The maximum atomic E-state index is 2.38. The molecule has 0 aliphatic heterocycles. The Labute approximate surface area is 95.3 Å². The first-order chi connectivity index (χ1) is 7.35. The molecule has 2 rings (SSSR count). The van der Waals surface area contributed by atoms with E-state index < -0.39 is 0 Å². The lowest BCUT2D eigenvalue weighted by Gasteiger charge is -2.36. The summed E-state index contributed by atoms with van der Waals surface area (Å²) in [6.45, 7) is 2.38.